The van der Waals surface area contributed by atoms with E-state index < -0.39 is 0 Å². The molecule has 0 radical (unpaired) electrons. The van der Waals surface area contributed by atoms with Crippen LogP contribution in [0.3, 0.4) is 0 Å². The van der Waals surface area contributed by atoms with Crippen LogP contribution >= 0.6 is 0 Å². The average molecular weight is 507 g/mol. The van der Waals surface area contributed by atoms with Gasteiger partial charge in [0.05, 0.1) is 0 Å². The number of benzene rings is 1. The van der Waals surface area contributed by atoms with Crippen LogP contribution in [-0.2, 0) is 6.42 Å². The highest BCUT2D eigenvalue weighted by Crippen LogP contribution is 2.28. The lowest BCUT2D eigenvalue weighted by Crippen LogP contribution is -2.43. The Balaban J connectivity index is 2.26. The van der Waals surface area contributed by atoms with Gasteiger partial charge in [0.25, 0.3) is 0 Å². The van der Waals surface area contributed by atoms with Gasteiger partial charge in [-0.25, -0.2) is 4.79 Å². The van der Waals surface area contributed by atoms with Crippen molar-refractivity contribution in [3.63, 3.8) is 0 Å². The van der Waals surface area contributed by atoms with Crippen molar-refractivity contribution >= 4 is 6.03 Å². The first-order valence-corrected chi connectivity index (χ1v) is 13.6. The van der Waals surface area contributed by atoms with Gasteiger partial charge in [0, 0.05) is 56.5 Å². The minimum Gasteiger partial charge on any atom is -0.508 e. The second-order valence-electron chi connectivity index (χ2n) is 9.96. The van der Waals surface area contributed by atoms with Crippen LogP contribution in [0.1, 0.15) is 59.4 Å². The highest BCUT2D eigenvalue weighted by atomic mass is 16.3. The summed E-state index contributed by atoms with van der Waals surface area (Å²) in [6, 6.07) is 6.83. The standard InChI is InChI=1S/C31H46N4O2/c1-7-9-10-27(8-2)30(25(6)35-19-17-32-18-20-35)22-28(21-23(3)4)24(5)34-31(37)33-16-15-26-11-13-29(36)14-12-26/h11-14,22-23,27,32,36H,6-8,15-21H2,1-5H3,(H2,33,34,37)/b28-24+,30-22-. The fraction of sp³-hybridized carbons (Fsp3) is 0.516. The summed E-state index contributed by atoms with van der Waals surface area (Å²) in [5, 5.41) is 18.9. The number of rotatable bonds is 11. The Morgan fingerprint density at radius 3 is 2.49 bits per heavy atom. The van der Waals surface area contributed by atoms with E-state index in [1.807, 2.05) is 19.1 Å². The number of carbonyl (C=O) groups excluding carboxylic acids is 1. The monoisotopic (exact) mass is 506 g/mol. The fourth-order valence-electron chi connectivity index (χ4n) is 4.35. The predicted octanol–water partition coefficient (Wildman–Crippen LogP) is 5.34. The molecule has 6 heteroatoms. The zero-order valence-corrected chi connectivity index (χ0v) is 23.4. The van der Waals surface area contributed by atoms with Crippen molar-refractivity contribution in [2.24, 2.45) is 11.8 Å². The van der Waals surface area contributed by atoms with E-state index in [-0.39, 0.29) is 17.7 Å². The number of hydrogen-bond acceptors (Lipinski definition) is 4. The number of aromatic hydroxyl groups is 1. The molecule has 1 atom stereocenters. The second kappa shape index (κ2) is 15.8. The van der Waals surface area contributed by atoms with Gasteiger partial charge in [0.1, 0.15) is 5.75 Å². The summed E-state index contributed by atoms with van der Waals surface area (Å²) < 4.78 is 0. The molecule has 0 spiro atoms. The van der Waals surface area contributed by atoms with Gasteiger partial charge in [-0.2, -0.15) is 0 Å². The minimum atomic E-state index is -0.216. The van der Waals surface area contributed by atoms with Gasteiger partial charge in [0.15, 0.2) is 0 Å². The molecule has 2 amide bonds. The number of urea groups is 1. The number of phenols is 1. The van der Waals surface area contributed by atoms with Crippen LogP contribution in [-0.4, -0.2) is 48.8 Å². The quantitative estimate of drug-likeness (QED) is 0.241. The first-order valence-electron chi connectivity index (χ1n) is 13.6. The molecule has 6 nitrogen and oxygen atoms in total. The highest BCUT2D eigenvalue weighted by Gasteiger charge is 2.21. The summed E-state index contributed by atoms with van der Waals surface area (Å²) in [5.74, 6) is 7.51. The van der Waals surface area contributed by atoms with Crippen molar-refractivity contribution < 1.29 is 9.90 Å². The van der Waals surface area contributed by atoms with Crippen molar-refractivity contribution in [2.45, 2.75) is 60.3 Å². The molecule has 1 aromatic carbocycles. The van der Waals surface area contributed by atoms with Crippen molar-refractivity contribution in [3.8, 4) is 17.6 Å². The van der Waals surface area contributed by atoms with Gasteiger partial charge in [0.2, 0.25) is 0 Å². The zero-order chi connectivity index (χ0) is 27.2. The predicted molar refractivity (Wildman–Crippen MR) is 154 cm³/mol. The van der Waals surface area contributed by atoms with Gasteiger partial charge in [-0.3, -0.25) is 0 Å². The van der Waals surface area contributed by atoms with E-state index in [0.717, 1.165) is 73.5 Å². The molecule has 1 fully saturated rings. The SMILES string of the molecule is C=C(/C(=C/C(CC(C)C)=C(\C)NC(=O)NCCc1ccc(O)cc1)C(C#CCC)CC)N1CCNCC1. The first kappa shape index (κ1) is 30.1. The maximum Gasteiger partial charge on any atom is 0.318 e. The normalized spacial score (nSPS) is 15.4. The largest absolute Gasteiger partial charge is 0.508 e. The third-order valence-electron chi connectivity index (χ3n) is 6.44. The van der Waals surface area contributed by atoms with E-state index in [4.69, 9.17) is 0 Å². The number of hydrogen-bond donors (Lipinski definition) is 4. The van der Waals surface area contributed by atoms with Gasteiger partial charge in [-0.15, -0.1) is 5.92 Å². The molecule has 1 aromatic rings. The summed E-state index contributed by atoms with van der Waals surface area (Å²) in [6.07, 6.45) is 5.50. The Labute approximate surface area is 224 Å². The molecule has 0 aromatic heterocycles. The number of amides is 2. The average Bonchev–Trinajstić information content (AvgIpc) is 2.88. The van der Waals surface area contributed by atoms with Crippen LogP contribution < -0.4 is 16.0 Å². The first-order chi connectivity index (χ1) is 17.7. The van der Waals surface area contributed by atoms with E-state index in [1.165, 1.54) is 0 Å². The molecule has 4 N–H and O–H groups in total. The number of phenolic OH excluding ortho intramolecular Hbond substituents is 1. The summed E-state index contributed by atoms with van der Waals surface area (Å²) in [6.45, 7) is 19.4. The lowest BCUT2D eigenvalue weighted by Gasteiger charge is -2.33. The number of piperazine rings is 1. The third kappa shape index (κ3) is 10.4. The molecule has 1 heterocycles. The third-order valence-corrected chi connectivity index (χ3v) is 6.44. The molecular formula is C31H46N4O2. The smallest absolute Gasteiger partial charge is 0.318 e. The number of allylic oxidation sites excluding steroid dienone is 4. The molecule has 1 aliphatic heterocycles. The van der Waals surface area contributed by atoms with Gasteiger partial charge in [-0.1, -0.05) is 58.4 Å². The molecule has 1 aliphatic rings. The van der Waals surface area contributed by atoms with Gasteiger partial charge < -0.3 is 26.0 Å². The van der Waals surface area contributed by atoms with Crippen molar-refractivity contribution in [1.29, 1.82) is 0 Å². The lowest BCUT2D eigenvalue weighted by molar-refractivity contribution is 0.243. The molecule has 1 unspecified atom stereocenters. The maximum absolute atomic E-state index is 12.7. The molecule has 2 rings (SSSR count). The molecule has 1 saturated heterocycles. The Kier molecular flexibility index (Phi) is 12.9. The van der Waals surface area contributed by atoms with Crippen molar-refractivity contribution in [1.82, 2.24) is 20.9 Å². The number of nitrogens with one attached hydrogen (secondary N) is 3. The Bertz CT molecular complexity index is 1010. The molecule has 37 heavy (non-hydrogen) atoms. The van der Waals surface area contributed by atoms with Crippen LogP contribution in [0.25, 0.3) is 0 Å². The van der Waals surface area contributed by atoms with Crippen LogP contribution in [0.5, 0.6) is 5.75 Å². The fourth-order valence-corrected chi connectivity index (χ4v) is 4.35. The van der Waals surface area contributed by atoms with Crippen LogP contribution in [0, 0.1) is 23.7 Å². The minimum absolute atomic E-state index is 0.0939. The van der Waals surface area contributed by atoms with Crippen LogP contribution in [0.15, 0.2) is 59.5 Å². The zero-order valence-electron chi connectivity index (χ0n) is 23.4. The molecule has 0 aliphatic carbocycles. The van der Waals surface area contributed by atoms with Gasteiger partial charge in [-0.05, 0) is 60.9 Å². The Morgan fingerprint density at radius 2 is 1.89 bits per heavy atom. The van der Waals surface area contributed by atoms with E-state index in [1.54, 1.807) is 12.1 Å². The number of carbonyl (C=O) groups is 1. The summed E-state index contributed by atoms with van der Waals surface area (Å²) in [5.41, 5.74) is 5.19. The van der Waals surface area contributed by atoms with Crippen LogP contribution in [0.2, 0.25) is 0 Å². The molecular weight excluding hydrogens is 460 g/mol. The summed E-state index contributed by atoms with van der Waals surface area (Å²) in [4.78, 5) is 15.1. The van der Waals surface area contributed by atoms with Gasteiger partial charge >= 0.3 is 6.03 Å². The second-order valence-corrected chi connectivity index (χ2v) is 9.96. The lowest BCUT2D eigenvalue weighted by atomic mass is 9.89. The van der Waals surface area contributed by atoms with E-state index in [0.29, 0.717) is 18.9 Å². The maximum atomic E-state index is 12.7. The molecule has 202 valence electrons. The highest BCUT2D eigenvalue weighted by molar-refractivity contribution is 5.76. The molecule has 0 bridgehead atoms. The summed E-state index contributed by atoms with van der Waals surface area (Å²) >= 11 is 0. The summed E-state index contributed by atoms with van der Waals surface area (Å²) in [7, 11) is 0. The number of nitrogens with zero attached hydrogens (tertiary/aromatic N) is 1. The molecule has 0 saturated carbocycles. The van der Waals surface area contributed by atoms with Crippen molar-refractivity contribution in [3.05, 3.63) is 65.0 Å². The van der Waals surface area contributed by atoms with Crippen LogP contribution in [0.4, 0.5) is 4.79 Å². The Morgan fingerprint density at radius 1 is 1.22 bits per heavy atom. The topological polar surface area (TPSA) is 76.6 Å². The Hall–Kier alpha value is -3.17. The van der Waals surface area contributed by atoms with Crippen molar-refractivity contribution in [2.75, 3.05) is 32.7 Å². The van der Waals surface area contributed by atoms with E-state index >= 15 is 0 Å². The van der Waals surface area contributed by atoms with E-state index in [9.17, 15) is 9.90 Å². The van der Waals surface area contributed by atoms with E-state index in [2.05, 4.69) is 73.0 Å².